The molecule has 5 rings (SSSR count). The number of hydrogen-bond acceptors (Lipinski definition) is 6. The summed E-state index contributed by atoms with van der Waals surface area (Å²) in [6.45, 7) is 3.77. The highest BCUT2D eigenvalue weighted by Gasteiger charge is 2.47. The maximum atomic E-state index is 13.5. The first kappa shape index (κ1) is 25.6. The van der Waals surface area contributed by atoms with E-state index in [1.165, 1.54) is 11.0 Å². The van der Waals surface area contributed by atoms with Crippen molar-refractivity contribution in [1.82, 2.24) is 0 Å². The Morgan fingerprint density at radius 2 is 1.46 bits per heavy atom. The van der Waals surface area contributed by atoms with Gasteiger partial charge in [-0.3, -0.25) is 14.5 Å². The Bertz CT molecular complexity index is 1560. The van der Waals surface area contributed by atoms with Crippen LogP contribution in [0, 0.1) is 0 Å². The van der Waals surface area contributed by atoms with Crippen molar-refractivity contribution in [2.45, 2.75) is 26.0 Å². The average molecular weight is 522 g/mol. The van der Waals surface area contributed by atoms with Gasteiger partial charge in [-0.15, -0.1) is 0 Å². The van der Waals surface area contributed by atoms with E-state index in [-0.39, 0.29) is 28.9 Å². The van der Waals surface area contributed by atoms with Gasteiger partial charge < -0.3 is 19.7 Å². The minimum absolute atomic E-state index is 0.0959. The monoisotopic (exact) mass is 521 g/mol. The molecule has 39 heavy (non-hydrogen) atoms. The SMILES string of the molecule is CC(C)Oc1cccc(/C(O)=C2/C(=O)C(=O)N(c3ccccc3O)C2c2cccc(Oc3ccccc3)c2)c1. The lowest BCUT2D eigenvalue weighted by molar-refractivity contribution is -0.132. The summed E-state index contributed by atoms with van der Waals surface area (Å²) in [6, 6.07) is 28.1. The van der Waals surface area contributed by atoms with Crippen molar-refractivity contribution in [3.05, 3.63) is 120 Å². The van der Waals surface area contributed by atoms with E-state index in [1.807, 2.05) is 44.2 Å². The minimum atomic E-state index is -1.03. The van der Waals surface area contributed by atoms with Crippen LogP contribution in [-0.4, -0.2) is 28.0 Å². The molecule has 2 N–H and O–H groups in total. The third-order valence-corrected chi connectivity index (χ3v) is 6.22. The third-order valence-electron chi connectivity index (χ3n) is 6.22. The van der Waals surface area contributed by atoms with Gasteiger partial charge in [0, 0.05) is 5.56 Å². The zero-order chi connectivity index (χ0) is 27.5. The van der Waals surface area contributed by atoms with Crippen molar-refractivity contribution < 1.29 is 29.3 Å². The number of amides is 1. The summed E-state index contributed by atoms with van der Waals surface area (Å²) in [7, 11) is 0. The van der Waals surface area contributed by atoms with Gasteiger partial charge in [-0.05, 0) is 67.9 Å². The summed E-state index contributed by atoms with van der Waals surface area (Å²) in [6.07, 6.45) is -0.0959. The number of anilines is 1. The Morgan fingerprint density at radius 3 is 2.21 bits per heavy atom. The third kappa shape index (κ3) is 5.20. The van der Waals surface area contributed by atoms with Crippen LogP contribution >= 0.6 is 0 Å². The lowest BCUT2D eigenvalue weighted by atomic mass is 9.95. The van der Waals surface area contributed by atoms with Crippen molar-refractivity contribution in [2.24, 2.45) is 0 Å². The lowest BCUT2D eigenvalue weighted by Crippen LogP contribution is -2.29. The first-order valence-corrected chi connectivity index (χ1v) is 12.5. The van der Waals surface area contributed by atoms with Crippen LogP contribution in [0.4, 0.5) is 5.69 Å². The zero-order valence-electron chi connectivity index (χ0n) is 21.4. The molecular weight excluding hydrogens is 494 g/mol. The van der Waals surface area contributed by atoms with Crippen LogP contribution in [-0.2, 0) is 9.59 Å². The second-order valence-electron chi connectivity index (χ2n) is 9.34. The van der Waals surface area contributed by atoms with Crippen LogP contribution in [0.15, 0.2) is 109 Å². The summed E-state index contributed by atoms with van der Waals surface area (Å²) >= 11 is 0. The second kappa shape index (κ2) is 10.8. The minimum Gasteiger partial charge on any atom is -0.507 e. The fourth-order valence-electron chi connectivity index (χ4n) is 4.58. The van der Waals surface area contributed by atoms with Crippen molar-refractivity contribution in [3.8, 4) is 23.0 Å². The molecule has 7 nitrogen and oxygen atoms in total. The number of aromatic hydroxyl groups is 1. The van der Waals surface area contributed by atoms with E-state index >= 15 is 0 Å². The molecule has 1 atom stereocenters. The number of benzene rings is 4. The van der Waals surface area contributed by atoms with E-state index < -0.39 is 17.7 Å². The smallest absolute Gasteiger partial charge is 0.300 e. The quantitative estimate of drug-likeness (QED) is 0.162. The molecule has 1 saturated heterocycles. The number of hydrogen-bond donors (Lipinski definition) is 2. The molecule has 4 aromatic carbocycles. The van der Waals surface area contributed by atoms with Gasteiger partial charge in [-0.2, -0.15) is 0 Å². The maximum absolute atomic E-state index is 13.5. The van der Waals surface area contributed by atoms with Gasteiger partial charge in [0.2, 0.25) is 0 Å². The number of rotatable bonds is 7. The molecule has 0 aliphatic carbocycles. The van der Waals surface area contributed by atoms with Crippen LogP contribution in [0.5, 0.6) is 23.0 Å². The molecule has 1 fully saturated rings. The predicted molar refractivity (Wildman–Crippen MR) is 148 cm³/mol. The number of carbonyl (C=O) groups is 2. The molecule has 0 bridgehead atoms. The highest BCUT2D eigenvalue weighted by atomic mass is 16.5. The molecular formula is C32H27NO6. The fraction of sp³-hybridized carbons (Fsp3) is 0.125. The number of phenols is 1. The lowest BCUT2D eigenvalue weighted by Gasteiger charge is -2.26. The molecule has 1 heterocycles. The molecule has 4 aromatic rings. The highest BCUT2D eigenvalue weighted by molar-refractivity contribution is 6.51. The van der Waals surface area contributed by atoms with Crippen molar-refractivity contribution in [2.75, 3.05) is 4.90 Å². The van der Waals surface area contributed by atoms with Crippen molar-refractivity contribution in [3.63, 3.8) is 0 Å². The molecule has 0 spiro atoms. The topological polar surface area (TPSA) is 96.3 Å². The Kier molecular flexibility index (Phi) is 7.06. The molecule has 196 valence electrons. The summed E-state index contributed by atoms with van der Waals surface area (Å²) in [5, 5.41) is 22.1. The van der Waals surface area contributed by atoms with E-state index in [1.54, 1.807) is 66.7 Å². The summed E-state index contributed by atoms with van der Waals surface area (Å²) in [4.78, 5) is 28.1. The van der Waals surface area contributed by atoms with Gasteiger partial charge in [0.25, 0.3) is 11.7 Å². The van der Waals surface area contributed by atoms with Crippen LogP contribution in [0.3, 0.4) is 0 Å². The molecule has 1 aliphatic rings. The van der Waals surface area contributed by atoms with Crippen LogP contribution in [0.1, 0.15) is 31.0 Å². The predicted octanol–water partition coefficient (Wildman–Crippen LogP) is 6.60. The average Bonchev–Trinajstić information content (AvgIpc) is 3.19. The first-order chi connectivity index (χ1) is 18.8. The van der Waals surface area contributed by atoms with Crippen molar-refractivity contribution in [1.29, 1.82) is 0 Å². The van der Waals surface area contributed by atoms with E-state index in [9.17, 15) is 19.8 Å². The van der Waals surface area contributed by atoms with E-state index in [0.717, 1.165) is 0 Å². The number of aliphatic hydroxyl groups is 1. The normalized spacial score (nSPS) is 16.5. The number of ether oxygens (including phenoxy) is 2. The number of para-hydroxylation sites is 3. The van der Waals surface area contributed by atoms with Gasteiger partial charge >= 0.3 is 0 Å². The highest BCUT2D eigenvalue weighted by Crippen LogP contribution is 2.45. The number of Topliss-reactive ketones (excluding diaryl/α,β-unsaturated/α-hetero) is 1. The zero-order valence-corrected chi connectivity index (χ0v) is 21.4. The number of nitrogens with zero attached hydrogens (tertiary/aromatic N) is 1. The number of phenolic OH excluding ortho intramolecular Hbond substituents is 1. The summed E-state index contributed by atoms with van der Waals surface area (Å²) in [5.74, 6) is -0.648. The molecule has 0 saturated carbocycles. The molecule has 0 radical (unpaired) electrons. The molecule has 0 aromatic heterocycles. The summed E-state index contributed by atoms with van der Waals surface area (Å²) in [5.41, 5.74) is 0.879. The first-order valence-electron chi connectivity index (χ1n) is 12.5. The molecule has 1 aliphatic heterocycles. The van der Waals surface area contributed by atoms with Crippen LogP contribution in [0.25, 0.3) is 5.76 Å². The number of ketones is 1. The fourth-order valence-corrected chi connectivity index (χ4v) is 4.58. The standard InChI is InChI=1S/C32H27NO6/c1-20(2)38-24-14-9-11-22(19-24)30(35)28-29(33(32(37)31(28)36)26-16-6-7-17-27(26)34)21-10-8-15-25(18-21)39-23-12-4-3-5-13-23/h3-20,29,34-35H,1-2H3/b30-28-. The van der Waals surface area contributed by atoms with Gasteiger partial charge in [-0.1, -0.05) is 54.6 Å². The Morgan fingerprint density at radius 1 is 0.795 bits per heavy atom. The Hall–Kier alpha value is -5.04. The van der Waals surface area contributed by atoms with Crippen molar-refractivity contribution >= 4 is 23.1 Å². The van der Waals surface area contributed by atoms with Gasteiger partial charge in [0.1, 0.15) is 28.8 Å². The molecule has 7 heteroatoms. The van der Waals surface area contributed by atoms with E-state index in [0.29, 0.717) is 28.4 Å². The van der Waals surface area contributed by atoms with Crippen LogP contribution in [0.2, 0.25) is 0 Å². The number of aliphatic hydroxyl groups excluding tert-OH is 1. The largest absolute Gasteiger partial charge is 0.507 e. The second-order valence-corrected chi connectivity index (χ2v) is 9.34. The summed E-state index contributed by atoms with van der Waals surface area (Å²) < 4.78 is 11.8. The van der Waals surface area contributed by atoms with Gasteiger partial charge in [-0.25, -0.2) is 0 Å². The maximum Gasteiger partial charge on any atom is 0.300 e. The Balaban J connectivity index is 1.67. The van der Waals surface area contributed by atoms with E-state index in [4.69, 9.17) is 9.47 Å². The van der Waals surface area contributed by atoms with Gasteiger partial charge in [0.15, 0.2) is 0 Å². The number of carbonyl (C=O) groups excluding carboxylic acids is 2. The Labute approximate surface area is 226 Å². The van der Waals surface area contributed by atoms with E-state index in [2.05, 4.69) is 0 Å². The van der Waals surface area contributed by atoms with Crippen LogP contribution < -0.4 is 14.4 Å². The molecule has 1 amide bonds. The van der Waals surface area contributed by atoms with Gasteiger partial charge in [0.05, 0.1) is 23.4 Å². The molecule has 1 unspecified atom stereocenters.